The van der Waals surface area contributed by atoms with E-state index in [1.54, 1.807) is 0 Å². The van der Waals surface area contributed by atoms with Crippen LogP contribution in [0.3, 0.4) is 0 Å². The molecule has 23 heavy (non-hydrogen) atoms. The molecule has 2 aromatic carbocycles. The van der Waals surface area contributed by atoms with Crippen molar-refractivity contribution >= 4 is 37.4 Å². The summed E-state index contributed by atoms with van der Waals surface area (Å²) in [7, 11) is 0. The van der Waals surface area contributed by atoms with E-state index in [0.29, 0.717) is 0 Å². The molecule has 0 heterocycles. The first-order valence-electron chi connectivity index (χ1n) is 7.77. The molecule has 1 fully saturated rings. The molecule has 0 N–H and O–H groups in total. The van der Waals surface area contributed by atoms with Gasteiger partial charge in [-0.05, 0) is 41.0 Å². The maximum absolute atomic E-state index is 3.75. The molecule has 1 aliphatic carbocycles. The Labute approximate surface area is 155 Å². The van der Waals surface area contributed by atoms with Gasteiger partial charge in [0.1, 0.15) is 0 Å². The smallest absolute Gasteiger partial charge is 0.0309 e. The Morgan fingerprint density at radius 2 is 1.04 bits per heavy atom. The molecular formula is C21H20Br2. The van der Waals surface area contributed by atoms with Crippen molar-refractivity contribution < 1.29 is 0 Å². The fraction of sp³-hybridized carbons (Fsp3) is 0.286. The van der Waals surface area contributed by atoms with Gasteiger partial charge in [-0.1, -0.05) is 83.8 Å². The van der Waals surface area contributed by atoms with Gasteiger partial charge in [0.25, 0.3) is 0 Å². The van der Waals surface area contributed by atoms with Crippen molar-refractivity contribution in [2.45, 2.75) is 27.7 Å². The molecule has 0 bridgehead atoms. The third-order valence-corrected chi connectivity index (χ3v) is 6.32. The maximum atomic E-state index is 3.75. The van der Waals surface area contributed by atoms with E-state index in [2.05, 4.69) is 114 Å². The largest absolute Gasteiger partial charge is 0.111 e. The van der Waals surface area contributed by atoms with Crippen molar-refractivity contribution in [1.29, 1.82) is 0 Å². The second kappa shape index (κ2) is 5.77. The number of hydrogen-bond donors (Lipinski definition) is 0. The molecule has 0 atom stereocenters. The lowest BCUT2D eigenvalue weighted by Gasteiger charge is -2.06. The molecular weight excluding hydrogens is 412 g/mol. The summed E-state index contributed by atoms with van der Waals surface area (Å²) in [5.41, 5.74) is 9.12. The number of allylic oxidation sites excluding steroid dienone is 1. The zero-order chi connectivity index (χ0) is 16.8. The predicted octanol–water partition coefficient (Wildman–Crippen LogP) is 7.23. The highest BCUT2D eigenvalue weighted by molar-refractivity contribution is 9.10. The number of rotatable bonds is 2. The second-order valence-corrected chi connectivity index (χ2v) is 8.97. The molecule has 0 radical (unpaired) electrons. The minimum atomic E-state index is 0.211. The van der Waals surface area contributed by atoms with Crippen LogP contribution in [0.4, 0.5) is 0 Å². The van der Waals surface area contributed by atoms with Crippen molar-refractivity contribution in [2.24, 2.45) is 10.8 Å². The van der Waals surface area contributed by atoms with E-state index in [1.807, 2.05) is 0 Å². The van der Waals surface area contributed by atoms with Crippen LogP contribution in [0.1, 0.15) is 38.8 Å². The Hall–Kier alpha value is -1.08. The quantitative estimate of drug-likeness (QED) is 0.439. The molecule has 0 unspecified atom stereocenters. The molecule has 3 rings (SSSR count). The Balaban J connectivity index is 2.22. The molecule has 1 aliphatic rings. The molecule has 0 aliphatic heterocycles. The van der Waals surface area contributed by atoms with Gasteiger partial charge in [-0.2, -0.15) is 0 Å². The average molecular weight is 432 g/mol. The molecule has 0 spiro atoms. The lowest BCUT2D eigenvalue weighted by atomic mass is 9.98. The Morgan fingerprint density at radius 3 is 1.35 bits per heavy atom. The highest BCUT2D eigenvalue weighted by Gasteiger charge is 2.60. The summed E-state index contributed by atoms with van der Waals surface area (Å²) in [5, 5.41) is 0. The molecule has 0 saturated heterocycles. The first-order valence-corrected chi connectivity index (χ1v) is 9.36. The lowest BCUT2D eigenvalue weighted by Crippen LogP contribution is -1.95. The first kappa shape index (κ1) is 16.8. The normalized spacial score (nSPS) is 17.6. The summed E-state index contributed by atoms with van der Waals surface area (Å²) >= 11 is 7.04. The van der Waals surface area contributed by atoms with Gasteiger partial charge in [-0.15, -0.1) is 5.73 Å². The second-order valence-electron chi connectivity index (χ2n) is 7.14. The third-order valence-electron chi connectivity index (χ3n) is 5.27. The predicted molar refractivity (Wildman–Crippen MR) is 105 cm³/mol. The van der Waals surface area contributed by atoms with Gasteiger partial charge in [-0.3, -0.25) is 0 Å². The van der Waals surface area contributed by atoms with E-state index in [9.17, 15) is 0 Å². The highest BCUT2D eigenvalue weighted by Crippen LogP contribution is 2.67. The fourth-order valence-electron chi connectivity index (χ4n) is 3.01. The molecule has 2 heteroatoms. The zero-order valence-corrected chi connectivity index (χ0v) is 17.0. The van der Waals surface area contributed by atoms with Gasteiger partial charge in [0.15, 0.2) is 0 Å². The molecule has 2 aromatic rings. The van der Waals surface area contributed by atoms with Crippen LogP contribution in [0, 0.1) is 10.8 Å². The Morgan fingerprint density at radius 1 is 0.696 bits per heavy atom. The van der Waals surface area contributed by atoms with Crippen LogP contribution < -0.4 is 0 Å². The minimum absolute atomic E-state index is 0.211. The van der Waals surface area contributed by atoms with Gasteiger partial charge in [0.05, 0.1) is 0 Å². The average Bonchev–Trinajstić information content (AvgIpc) is 2.88. The van der Waals surface area contributed by atoms with Crippen molar-refractivity contribution in [1.82, 2.24) is 0 Å². The van der Waals surface area contributed by atoms with Gasteiger partial charge in [0, 0.05) is 25.3 Å². The molecule has 0 aromatic heterocycles. The summed E-state index contributed by atoms with van der Waals surface area (Å²) in [4.78, 5) is 0. The highest BCUT2D eigenvalue weighted by atomic mass is 79.9. The number of benzene rings is 2. The van der Waals surface area contributed by atoms with E-state index < -0.39 is 0 Å². The van der Waals surface area contributed by atoms with Crippen LogP contribution in [0.15, 0.2) is 68.8 Å². The standard InChI is InChI=1S/C21H20Br2/c1-20(2)19(21(20,3)4)13-18(14-5-9-16(22)10-6-14)15-7-11-17(23)12-8-15/h5-12H,1-4H3. The molecule has 0 nitrogen and oxygen atoms in total. The van der Waals surface area contributed by atoms with E-state index in [1.165, 1.54) is 22.3 Å². The number of hydrogen-bond acceptors (Lipinski definition) is 0. The Kier molecular flexibility index (Phi) is 4.21. The van der Waals surface area contributed by atoms with E-state index >= 15 is 0 Å². The van der Waals surface area contributed by atoms with Crippen LogP contribution in [0.5, 0.6) is 0 Å². The van der Waals surface area contributed by atoms with E-state index in [-0.39, 0.29) is 10.8 Å². The van der Waals surface area contributed by atoms with Crippen LogP contribution >= 0.6 is 31.9 Å². The monoisotopic (exact) mass is 430 g/mol. The fourth-order valence-corrected chi connectivity index (χ4v) is 3.54. The molecule has 0 amide bonds. The summed E-state index contributed by atoms with van der Waals surface area (Å²) in [6, 6.07) is 16.9. The van der Waals surface area contributed by atoms with Gasteiger partial charge < -0.3 is 0 Å². The van der Waals surface area contributed by atoms with Crippen LogP contribution in [-0.2, 0) is 0 Å². The van der Waals surface area contributed by atoms with Gasteiger partial charge >= 0.3 is 0 Å². The van der Waals surface area contributed by atoms with Crippen molar-refractivity contribution in [2.75, 3.05) is 0 Å². The van der Waals surface area contributed by atoms with Crippen LogP contribution in [-0.4, -0.2) is 0 Å². The summed E-state index contributed by atoms with van der Waals surface area (Å²) < 4.78 is 2.19. The summed E-state index contributed by atoms with van der Waals surface area (Å²) in [5.74, 6) is 0. The molecule has 1 saturated carbocycles. The topological polar surface area (TPSA) is 0 Å². The Bertz CT molecular complexity index is 736. The van der Waals surface area contributed by atoms with E-state index in [4.69, 9.17) is 0 Å². The van der Waals surface area contributed by atoms with Crippen LogP contribution in [0.2, 0.25) is 0 Å². The SMILES string of the molecule is CC1(C)C(=C=C(c2ccc(Br)cc2)c2ccc(Br)cc2)C1(C)C. The summed E-state index contributed by atoms with van der Waals surface area (Å²) in [6.45, 7) is 9.21. The maximum Gasteiger partial charge on any atom is 0.0309 e. The number of halogens is 2. The van der Waals surface area contributed by atoms with Crippen molar-refractivity contribution in [3.05, 3.63) is 79.9 Å². The van der Waals surface area contributed by atoms with Crippen molar-refractivity contribution in [3.63, 3.8) is 0 Å². The van der Waals surface area contributed by atoms with Gasteiger partial charge in [0.2, 0.25) is 0 Å². The van der Waals surface area contributed by atoms with Crippen molar-refractivity contribution in [3.8, 4) is 0 Å². The molecule has 118 valence electrons. The zero-order valence-electron chi connectivity index (χ0n) is 13.9. The summed E-state index contributed by atoms with van der Waals surface area (Å²) in [6.07, 6.45) is 0. The third kappa shape index (κ3) is 3.01. The van der Waals surface area contributed by atoms with Gasteiger partial charge in [-0.25, -0.2) is 0 Å². The first-order chi connectivity index (χ1) is 10.7. The lowest BCUT2D eigenvalue weighted by molar-refractivity contribution is 0.457. The minimum Gasteiger partial charge on any atom is -0.111 e. The van der Waals surface area contributed by atoms with Crippen LogP contribution in [0.25, 0.3) is 5.57 Å². The van der Waals surface area contributed by atoms with E-state index in [0.717, 1.165) is 8.95 Å².